The first kappa shape index (κ1) is 16.2. The van der Waals surface area contributed by atoms with Crippen LogP contribution in [0.25, 0.3) is 0 Å². The van der Waals surface area contributed by atoms with Gasteiger partial charge in [-0.3, -0.25) is 4.79 Å². The van der Waals surface area contributed by atoms with Gasteiger partial charge in [0.15, 0.2) is 0 Å². The first-order chi connectivity index (χ1) is 7.56. The molecule has 0 rings (SSSR count). The van der Waals surface area contributed by atoms with Gasteiger partial charge >= 0.3 is 21.5 Å². The zero-order valence-electron chi connectivity index (χ0n) is 9.12. The van der Waals surface area contributed by atoms with Gasteiger partial charge in [-0.2, -0.15) is 13.2 Å². The lowest BCUT2D eigenvalue weighted by Crippen LogP contribution is -2.37. The summed E-state index contributed by atoms with van der Waals surface area (Å²) in [6.07, 6.45) is 0.360. The molecule has 0 aliphatic heterocycles. The zero-order valence-corrected chi connectivity index (χ0v) is 9.94. The number of hydrogen-bond acceptors (Lipinski definition) is 3. The lowest BCUT2D eigenvalue weighted by atomic mass is 10.0. The van der Waals surface area contributed by atoms with Gasteiger partial charge in [-0.15, -0.1) is 0 Å². The molecule has 0 aromatic rings. The van der Waals surface area contributed by atoms with Crippen LogP contribution in [0.3, 0.4) is 0 Å². The van der Waals surface area contributed by atoms with E-state index in [0.717, 1.165) is 0 Å². The molecule has 0 aromatic heterocycles. The van der Waals surface area contributed by atoms with Crippen LogP contribution in [0.4, 0.5) is 13.2 Å². The summed E-state index contributed by atoms with van der Waals surface area (Å²) in [6, 6.07) is 0. The Labute approximate surface area is 97.1 Å². The second-order valence-corrected chi connectivity index (χ2v) is 5.43. The van der Waals surface area contributed by atoms with Crippen molar-refractivity contribution in [3.05, 3.63) is 0 Å². The van der Waals surface area contributed by atoms with E-state index in [1.54, 1.807) is 6.92 Å². The fourth-order valence-electron chi connectivity index (χ4n) is 1.04. The Bertz CT molecular complexity index is 352. The molecule has 9 heteroatoms. The maximum absolute atomic E-state index is 11.9. The third kappa shape index (κ3) is 6.47. The lowest BCUT2D eigenvalue weighted by Gasteiger charge is -2.12. The molecule has 0 aromatic carbocycles. The smallest absolute Gasteiger partial charge is 0.481 e. The lowest BCUT2D eigenvalue weighted by molar-refractivity contribution is -0.137. The fourth-order valence-corrected chi connectivity index (χ4v) is 1.59. The highest BCUT2D eigenvalue weighted by Gasteiger charge is 2.45. The number of rotatable bonds is 7. The minimum Gasteiger partial charge on any atom is -0.481 e. The number of hydrogen-bond donors (Lipinski definition) is 2. The number of alkyl halides is 3. The Hall–Kier alpha value is -0.830. The molecule has 0 radical (unpaired) electrons. The van der Waals surface area contributed by atoms with Crippen LogP contribution in [-0.4, -0.2) is 31.5 Å². The molecule has 0 aliphatic carbocycles. The van der Waals surface area contributed by atoms with E-state index in [1.165, 1.54) is 4.72 Å². The average Bonchev–Trinajstić information content (AvgIpc) is 2.12. The van der Waals surface area contributed by atoms with E-state index in [1.807, 2.05) is 0 Å². The SMILES string of the molecule is CC(CCNS(=O)(=O)C(F)(F)F)CCC(=O)O. The number of aliphatic carboxylic acids is 1. The van der Waals surface area contributed by atoms with Gasteiger partial charge in [0, 0.05) is 13.0 Å². The van der Waals surface area contributed by atoms with E-state index in [-0.39, 0.29) is 25.3 Å². The molecule has 0 saturated heterocycles. The number of carboxylic acid groups (broad SMARTS) is 1. The summed E-state index contributed by atoms with van der Waals surface area (Å²) in [4.78, 5) is 10.2. The number of halogens is 3. The largest absolute Gasteiger partial charge is 0.511 e. The van der Waals surface area contributed by atoms with Crippen molar-refractivity contribution in [3.63, 3.8) is 0 Å². The molecule has 0 amide bonds. The highest BCUT2D eigenvalue weighted by atomic mass is 32.2. The van der Waals surface area contributed by atoms with Crippen molar-refractivity contribution in [3.8, 4) is 0 Å². The molecule has 0 aliphatic rings. The molecule has 0 bridgehead atoms. The van der Waals surface area contributed by atoms with Crippen LogP contribution in [0.1, 0.15) is 26.2 Å². The fraction of sp³-hybridized carbons (Fsp3) is 0.875. The van der Waals surface area contributed by atoms with E-state index in [0.29, 0.717) is 6.42 Å². The topological polar surface area (TPSA) is 83.5 Å². The quantitative estimate of drug-likeness (QED) is 0.735. The molecule has 5 nitrogen and oxygen atoms in total. The van der Waals surface area contributed by atoms with E-state index in [4.69, 9.17) is 5.11 Å². The average molecular weight is 277 g/mol. The Morgan fingerprint density at radius 2 is 1.88 bits per heavy atom. The van der Waals surface area contributed by atoms with Gasteiger partial charge in [0.05, 0.1) is 0 Å². The molecule has 102 valence electrons. The summed E-state index contributed by atoms with van der Waals surface area (Å²) in [5, 5.41) is 8.36. The normalized spacial score (nSPS) is 14.6. The van der Waals surface area contributed by atoms with Crippen LogP contribution in [0.5, 0.6) is 0 Å². The molecule has 0 saturated carbocycles. The van der Waals surface area contributed by atoms with Crippen molar-refractivity contribution >= 4 is 16.0 Å². The van der Waals surface area contributed by atoms with E-state index >= 15 is 0 Å². The van der Waals surface area contributed by atoms with Crippen LogP contribution in [0.15, 0.2) is 0 Å². The summed E-state index contributed by atoms with van der Waals surface area (Å²) < 4.78 is 58.2. The summed E-state index contributed by atoms with van der Waals surface area (Å²) in [6.45, 7) is 1.29. The van der Waals surface area contributed by atoms with Crippen molar-refractivity contribution in [2.45, 2.75) is 31.7 Å². The van der Waals surface area contributed by atoms with Crippen molar-refractivity contribution in [1.29, 1.82) is 0 Å². The monoisotopic (exact) mass is 277 g/mol. The molecular weight excluding hydrogens is 263 g/mol. The second kappa shape index (κ2) is 6.20. The second-order valence-electron chi connectivity index (χ2n) is 3.67. The summed E-state index contributed by atoms with van der Waals surface area (Å²) in [5.74, 6) is -1.16. The zero-order chi connectivity index (χ0) is 13.7. The number of carboxylic acids is 1. The highest BCUT2D eigenvalue weighted by molar-refractivity contribution is 7.90. The standard InChI is InChI=1S/C8H14F3NO4S/c1-6(2-3-7(13)14)4-5-12-17(15,16)8(9,10)11/h6,12H,2-5H2,1H3,(H,13,14). The van der Waals surface area contributed by atoms with Crippen LogP contribution in [-0.2, 0) is 14.8 Å². The van der Waals surface area contributed by atoms with Crippen LogP contribution in [0, 0.1) is 5.92 Å². The maximum atomic E-state index is 11.9. The number of carbonyl (C=O) groups is 1. The molecule has 0 heterocycles. The third-order valence-corrected chi connectivity index (χ3v) is 3.28. The van der Waals surface area contributed by atoms with Crippen LogP contribution >= 0.6 is 0 Å². The predicted octanol–water partition coefficient (Wildman–Crippen LogP) is 1.32. The Morgan fingerprint density at radius 3 is 2.29 bits per heavy atom. The van der Waals surface area contributed by atoms with Crippen molar-refractivity contribution < 1.29 is 31.5 Å². The predicted molar refractivity (Wildman–Crippen MR) is 53.6 cm³/mol. The van der Waals surface area contributed by atoms with Gasteiger partial charge in [0.2, 0.25) is 0 Å². The van der Waals surface area contributed by atoms with Gasteiger partial charge in [-0.25, -0.2) is 13.1 Å². The number of nitrogens with one attached hydrogen (secondary N) is 1. The van der Waals surface area contributed by atoms with Crippen molar-refractivity contribution in [1.82, 2.24) is 4.72 Å². The minimum absolute atomic E-state index is 0.0901. The minimum atomic E-state index is -5.31. The summed E-state index contributed by atoms with van der Waals surface area (Å²) in [5.41, 5.74) is -5.31. The molecule has 2 N–H and O–H groups in total. The Balaban J connectivity index is 3.96. The maximum Gasteiger partial charge on any atom is 0.511 e. The first-order valence-corrected chi connectivity index (χ1v) is 6.32. The molecule has 17 heavy (non-hydrogen) atoms. The summed E-state index contributed by atoms with van der Waals surface area (Å²) in [7, 11) is -5.29. The van der Waals surface area contributed by atoms with Crippen molar-refractivity contribution in [2.75, 3.05) is 6.54 Å². The van der Waals surface area contributed by atoms with Crippen LogP contribution < -0.4 is 4.72 Å². The van der Waals surface area contributed by atoms with Gasteiger partial charge < -0.3 is 5.11 Å². The number of sulfonamides is 1. The molecular formula is C8H14F3NO4S. The van der Waals surface area contributed by atoms with Gasteiger partial charge in [-0.1, -0.05) is 6.92 Å². The van der Waals surface area contributed by atoms with E-state index < -0.39 is 21.5 Å². The Morgan fingerprint density at radius 1 is 1.35 bits per heavy atom. The van der Waals surface area contributed by atoms with Gasteiger partial charge in [-0.05, 0) is 18.8 Å². The van der Waals surface area contributed by atoms with E-state index in [2.05, 4.69) is 0 Å². The van der Waals surface area contributed by atoms with E-state index in [9.17, 15) is 26.4 Å². The molecule has 1 unspecified atom stereocenters. The van der Waals surface area contributed by atoms with Crippen molar-refractivity contribution in [2.24, 2.45) is 5.92 Å². The van der Waals surface area contributed by atoms with Crippen LogP contribution in [0.2, 0.25) is 0 Å². The van der Waals surface area contributed by atoms with Gasteiger partial charge in [0.25, 0.3) is 0 Å². The molecule has 0 spiro atoms. The molecule has 0 fully saturated rings. The Kier molecular flexibility index (Phi) is 5.89. The molecule has 1 atom stereocenters. The van der Waals surface area contributed by atoms with Gasteiger partial charge in [0.1, 0.15) is 0 Å². The first-order valence-electron chi connectivity index (χ1n) is 4.84. The summed E-state index contributed by atoms with van der Waals surface area (Å²) >= 11 is 0. The highest BCUT2D eigenvalue weighted by Crippen LogP contribution is 2.21. The third-order valence-electron chi connectivity index (χ3n) is 2.08.